The van der Waals surface area contributed by atoms with Gasteiger partial charge in [-0.3, -0.25) is 9.78 Å². The number of hydrogen-bond acceptors (Lipinski definition) is 5. The van der Waals surface area contributed by atoms with Crippen LogP contribution in [0.2, 0.25) is 0 Å². The number of nitrogens with one attached hydrogen (secondary N) is 2. The molecular formula is C25H33N5O2. The molecule has 0 saturated carbocycles. The third-order valence-corrected chi connectivity index (χ3v) is 6.01. The molecule has 1 aliphatic carbocycles. The number of imidazole rings is 1. The number of nitrogens with zero attached hydrogens (tertiary/aromatic N) is 3. The molecule has 3 rings (SSSR count). The molecule has 1 atom stereocenters. The summed E-state index contributed by atoms with van der Waals surface area (Å²) in [6, 6.07) is 5.73. The van der Waals surface area contributed by atoms with E-state index in [0.29, 0.717) is 12.1 Å². The van der Waals surface area contributed by atoms with Crippen LogP contribution in [0.25, 0.3) is 5.57 Å². The van der Waals surface area contributed by atoms with Gasteiger partial charge in [0.1, 0.15) is 6.07 Å². The monoisotopic (exact) mass is 435 g/mol. The summed E-state index contributed by atoms with van der Waals surface area (Å²) in [4.78, 5) is 24.5. The number of carbonyl (C=O) groups is 1. The molecule has 2 aromatic heterocycles. The van der Waals surface area contributed by atoms with Gasteiger partial charge in [-0.25, -0.2) is 4.98 Å². The van der Waals surface area contributed by atoms with Crippen molar-refractivity contribution in [2.45, 2.75) is 78.2 Å². The van der Waals surface area contributed by atoms with E-state index in [0.717, 1.165) is 42.6 Å². The average molecular weight is 436 g/mol. The SMILES string of the molecule is CC[C@@H](CC(C)(C)O)c1ccc(NC(=O)c2nc(C#N)c[nH]2)c(C2=CCC(C)(C)CC2)n1. The number of hydrogen-bond donors (Lipinski definition) is 3. The summed E-state index contributed by atoms with van der Waals surface area (Å²) in [5, 5.41) is 22.2. The highest BCUT2D eigenvalue weighted by Gasteiger charge is 2.27. The van der Waals surface area contributed by atoms with Crippen molar-refractivity contribution in [3.05, 3.63) is 47.3 Å². The van der Waals surface area contributed by atoms with E-state index in [4.69, 9.17) is 10.2 Å². The van der Waals surface area contributed by atoms with Gasteiger partial charge < -0.3 is 15.4 Å². The molecule has 0 spiro atoms. The van der Waals surface area contributed by atoms with Gasteiger partial charge in [0.05, 0.1) is 17.0 Å². The molecule has 7 heteroatoms. The number of amides is 1. The zero-order valence-electron chi connectivity index (χ0n) is 19.6. The third kappa shape index (κ3) is 5.83. The maximum Gasteiger partial charge on any atom is 0.291 e. The first-order chi connectivity index (χ1) is 15.0. The number of allylic oxidation sites excluding steroid dienone is 2. The van der Waals surface area contributed by atoms with Crippen molar-refractivity contribution in [3.8, 4) is 6.07 Å². The highest BCUT2D eigenvalue weighted by Crippen LogP contribution is 2.40. The molecule has 3 N–H and O–H groups in total. The van der Waals surface area contributed by atoms with E-state index < -0.39 is 11.5 Å². The van der Waals surface area contributed by atoms with Crippen molar-refractivity contribution in [3.63, 3.8) is 0 Å². The number of anilines is 1. The molecule has 2 heterocycles. The predicted molar refractivity (Wildman–Crippen MR) is 125 cm³/mol. The summed E-state index contributed by atoms with van der Waals surface area (Å²) in [7, 11) is 0. The number of aromatic amines is 1. The lowest BCUT2D eigenvalue weighted by Gasteiger charge is -2.29. The fraction of sp³-hybridized carbons (Fsp3) is 0.520. The summed E-state index contributed by atoms with van der Waals surface area (Å²) in [5.41, 5.74) is 3.05. The second kappa shape index (κ2) is 9.25. The Bertz CT molecular complexity index is 1050. The molecule has 1 aliphatic rings. The zero-order chi connectivity index (χ0) is 23.5. The quantitative estimate of drug-likeness (QED) is 0.554. The number of rotatable bonds is 7. The van der Waals surface area contributed by atoms with Crippen LogP contribution < -0.4 is 5.32 Å². The molecular weight excluding hydrogens is 402 g/mol. The lowest BCUT2D eigenvalue weighted by molar-refractivity contribution is 0.0620. The van der Waals surface area contributed by atoms with Crippen molar-refractivity contribution in [1.29, 1.82) is 5.26 Å². The molecule has 0 bridgehead atoms. The van der Waals surface area contributed by atoms with Gasteiger partial charge in [-0.05, 0) is 69.1 Å². The summed E-state index contributed by atoms with van der Waals surface area (Å²) in [6.45, 7) is 10.2. The smallest absolute Gasteiger partial charge is 0.291 e. The number of carbonyl (C=O) groups excluding carboxylic acids is 1. The third-order valence-electron chi connectivity index (χ3n) is 6.01. The predicted octanol–water partition coefficient (Wildman–Crippen LogP) is 5.18. The minimum absolute atomic E-state index is 0.0869. The topological polar surface area (TPSA) is 115 Å². The second-order valence-electron chi connectivity index (χ2n) is 10.1. The van der Waals surface area contributed by atoms with E-state index in [9.17, 15) is 9.90 Å². The van der Waals surface area contributed by atoms with Crippen LogP contribution >= 0.6 is 0 Å². The number of aromatic nitrogens is 3. The largest absolute Gasteiger partial charge is 0.390 e. The molecule has 32 heavy (non-hydrogen) atoms. The van der Waals surface area contributed by atoms with Crippen molar-refractivity contribution in [2.75, 3.05) is 5.32 Å². The van der Waals surface area contributed by atoms with Crippen LogP contribution in [-0.4, -0.2) is 31.6 Å². The van der Waals surface area contributed by atoms with E-state index >= 15 is 0 Å². The van der Waals surface area contributed by atoms with Crippen LogP contribution in [-0.2, 0) is 0 Å². The van der Waals surface area contributed by atoms with Gasteiger partial charge in [0.25, 0.3) is 5.91 Å². The van der Waals surface area contributed by atoms with Crippen molar-refractivity contribution in [2.24, 2.45) is 5.41 Å². The van der Waals surface area contributed by atoms with Crippen LogP contribution in [0.1, 0.15) is 100 Å². The standard InChI is InChI=1S/C25H33N5O2/c1-6-16(13-25(4,5)32)19-7-8-20(30-23(31)22-27-15-18(14-26)28-22)21(29-19)17-9-11-24(2,3)12-10-17/h7-9,15-16,32H,6,10-13H2,1-5H3,(H,27,28)(H,30,31)/t16-/m0/s1. The van der Waals surface area contributed by atoms with Gasteiger partial charge >= 0.3 is 0 Å². The van der Waals surface area contributed by atoms with E-state index in [1.165, 1.54) is 6.20 Å². The molecule has 170 valence electrons. The van der Waals surface area contributed by atoms with Gasteiger partial charge in [0.2, 0.25) is 0 Å². The highest BCUT2D eigenvalue weighted by atomic mass is 16.3. The first kappa shape index (κ1) is 23.7. The van der Waals surface area contributed by atoms with Crippen LogP contribution in [0.4, 0.5) is 5.69 Å². The Hall–Kier alpha value is -2.98. The molecule has 7 nitrogen and oxygen atoms in total. The Morgan fingerprint density at radius 2 is 2.12 bits per heavy atom. The summed E-state index contributed by atoms with van der Waals surface area (Å²) < 4.78 is 0. The minimum Gasteiger partial charge on any atom is -0.390 e. The molecule has 0 aliphatic heterocycles. The van der Waals surface area contributed by atoms with E-state index in [1.807, 2.05) is 32.0 Å². The van der Waals surface area contributed by atoms with Gasteiger partial charge in [-0.2, -0.15) is 5.26 Å². The minimum atomic E-state index is -0.790. The molecule has 0 fully saturated rings. The van der Waals surface area contributed by atoms with Gasteiger partial charge in [0.15, 0.2) is 11.5 Å². The number of nitriles is 1. The Kier molecular flexibility index (Phi) is 6.85. The molecule has 1 amide bonds. The maximum atomic E-state index is 12.7. The number of H-pyrrole nitrogens is 1. The Labute approximate surface area is 190 Å². The summed E-state index contributed by atoms with van der Waals surface area (Å²) >= 11 is 0. The van der Waals surface area contributed by atoms with Gasteiger partial charge in [-0.1, -0.05) is 26.8 Å². The lowest BCUT2D eigenvalue weighted by atomic mass is 9.77. The Morgan fingerprint density at radius 3 is 2.69 bits per heavy atom. The fourth-order valence-corrected chi connectivity index (χ4v) is 4.08. The normalized spacial score (nSPS) is 16.7. The first-order valence-corrected chi connectivity index (χ1v) is 11.2. The van der Waals surface area contributed by atoms with Crippen LogP contribution in [0.15, 0.2) is 24.4 Å². The Balaban J connectivity index is 1.97. The van der Waals surface area contributed by atoms with E-state index in [-0.39, 0.29) is 22.9 Å². The van der Waals surface area contributed by atoms with Crippen molar-refractivity contribution in [1.82, 2.24) is 15.0 Å². The molecule has 2 aromatic rings. The second-order valence-corrected chi connectivity index (χ2v) is 10.1. The lowest BCUT2D eigenvalue weighted by Crippen LogP contribution is -2.23. The molecule has 0 unspecified atom stereocenters. The summed E-state index contributed by atoms with van der Waals surface area (Å²) in [5.74, 6) is -0.214. The maximum absolute atomic E-state index is 12.7. The fourth-order valence-electron chi connectivity index (χ4n) is 4.08. The molecule has 0 saturated heterocycles. The van der Waals surface area contributed by atoms with E-state index in [1.54, 1.807) is 0 Å². The zero-order valence-corrected chi connectivity index (χ0v) is 19.6. The molecule has 0 aromatic carbocycles. The summed E-state index contributed by atoms with van der Waals surface area (Å²) in [6.07, 6.45) is 7.98. The van der Waals surface area contributed by atoms with Crippen LogP contribution in [0.3, 0.4) is 0 Å². The number of aliphatic hydroxyl groups is 1. The number of pyridine rings is 1. The average Bonchev–Trinajstić information content (AvgIpc) is 3.21. The van der Waals surface area contributed by atoms with Crippen LogP contribution in [0, 0.1) is 16.7 Å². The van der Waals surface area contributed by atoms with Crippen molar-refractivity contribution < 1.29 is 9.90 Å². The van der Waals surface area contributed by atoms with E-state index in [2.05, 4.69) is 42.1 Å². The molecule has 0 radical (unpaired) electrons. The van der Waals surface area contributed by atoms with Crippen molar-refractivity contribution >= 4 is 17.2 Å². The Morgan fingerprint density at radius 1 is 1.38 bits per heavy atom. The van der Waals surface area contributed by atoms with Crippen LogP contribution in [0.5, 0.6) is 0 Å². The van der Waals surface area contributed by atoms with Gasteiger partial charge in [-0.15, -0.1) is 0 Å². The first-order valence-electron chi connectivity index (χ1n) is 11.2. The van der Waals surface area contributed by atoms with Gasteiger partial charge in [0, 0.05) is 17.8 Å². The highest BCUT2D eigenvalue weighted by molar-refractivity contribution is 6.03.